The summed E-state index contributed by atoms with van der Waals surface area (Å²) in [6.45, 7) is 7.51. The quantitative estimate of drug-likeness (QED) is 0.806. The number of hydrogen-bond donors (Lipinski definition) is 1. The van der Waals surface area contributed by atoms with Crippen LogP contribution in [0.5, 0.6) is 0 Å². The Balaban J connectivity index is 1.91. The zero-order valence-electron chi connectivity index (χ0n) is 9.95. The zero-order valence-corrected chi connectivity index (χ0v) is 9.95. The van der Waals surface area contributed by atoms with Crippen LogP contribution >= 0.6 is 0 Å². The van der Waals surface area contributed by atoms with Gasteiger partial charge in [0.2, 0.25) is 0 Å². The Kier molecular flexibility index (Phi) is 4.25. The van der Waals surface area contributed by atoms with Gasteiger partial charge in [0.15, 0.2) is 0 Å². The highest BCUT2D eigenvalue weighted by Gasteiger charge is 2.08. The van der Waals surface area contributed by atoms with E-state index >= 15 is 0 Å². The van der Waals surface area contributed by atoms with Gasteiger partial charge in [-0.2, -0.15) is 0 Å². The van der Waals surface area contributed by atoms with E-state index in [0.29, 0.717) is 0 Å². The SMILES string of the molecule is Cc1nccc(CN2CCCNCCC2)n1. The molecule has 0 bridgehead atoms. The summed E-state index contributed by atoms with van der Waals surface area (Å²) in [5.41, 5.74) is 1.14. The van der Waals surface area contributed by atoms with Crippen LogP contribution in [0.4, 0.5) is 0 Å². The van der Waals surface area contributed by atoms with Crippen molar-refractivity contribution in [2.75, 3.05) is 26.2 Å². The maximum atomic E-state index is 4.45. The summed E-state index contributed by atoms with van der Waals surface area (Å²) in [6, 6.07) is 2.02. The standard InChI is InChI=1S/C12H20N4/c1-11-14-7-4-12(15-11)10-16-8-2-5-13-6-3-9-16/h4,7,13H,2-3,5-6,8-10H2,1H3. The minimum atomic E-state index is 0.867. The number of nitrogens with zero attached hydrogens (tertiary/aromatic N) is 3. The summed E-state index contributed by atoms with van der Waals surface area (Å²) in [5.74, 6) is 0.867. The number of aromatic nitrogens is 2. The first-order valence-corrected chi connectivity index (χ1v) is 6.06. The van der Waals surface area contributed by atoms with Crippen molar-refractivity contribution in [2.45, 2.75) is 26.3 Å². The molecule has 0 radical (unpaired) electrons. The smallest absolute Gasteiger partial charge is 0.125 e. The monoisotopic (exact) mass is 220 g/mol. The van der Waals surface area contributed by atoms with E-state index in [-0.39, 0.29) is 0 Å². The lowest BCUT2D eigenvalue weighted by molar-refractivity contribution is 0.242. The molecule has 4 nitrogen and oxygen atoms in total. The van der Waals surface area contributed by atoms with Gasteiger partial charge >= 0.3 is 0 Å². The Bertz CT molecular complexity index is 319. The molecule has 1 saturated heterocycles. The second kappa shape index (κ2) is 5.92. The van der Waals surface area contributed by atoms with E-state index in [2.05, 4.69) is 20.2 Å². The molecule has 1 aromatic heterocycles. The minimum absolute atomic E-state index is 0.867. The summed E-state index contributed by atoms with van der Waals surface area (Å²) in [6.07, 6.45) is 4.30. The van der Waals surface area contributed by atoms with Crippen molar-refractivity contribution in [1.29, 1.82) is 0 Å². The Morgan fingerprint density at radius 2 is 2.06 bits per heavy atom. The Morgan fingerprint density at radius 3 is 2.75 bits per heavy atom. The van der Waals surface area contributed by atoms with Crippen molar-refractivity contribution < 1.29 is 0 Å². The fourth-order valence-corrected chi connectivity index (χ4v) is 2.07. The lowest BCUT2D eigenvalue weighted by atomic mass is 10.2. The molecule has 1 fully saturated rings. The summed E-state index contributed by atoms with van der Waals surface area (Å²) in [4.78, 5) is 11.1. The predicted molar refractivity (Wildman–Crippen MR) is 64.1 cm³/mol. The highest BCUT2D eigenvalue weighted by atomic mass is 15.1. The molecule has 0 unspecified atom stereocenters. The van der Waals surface area contributed by atoms with Gasteiger partial charge in [-0.15, -0.1) is 0 Å². The third kappa shape index (κ3) is 3.54. The van der Waals surface area contributed by atoms with Crippen LogP contribution in [0.2, 0.25) is 0 Å². The van der Waals surface area contributed by atoms with Crippen LogP contribution in [-0.4, -0.2) is 41.0 Å². The number of rotatable bonds is 2. The molecule has 0 aliphatic carbocycles. The molecule has 1 aliphatic rings. The van der Waals surface area contributed by atoms with Gasteiger partial charge in [-0.1, -0.05) is 0 Å². The zero-order chi connectivity index (χ0) is 11.2. The fourth-order valence-electron chi connectivity index (χ4n) is 2.07. The molecule has 1 aliphatic heterocycles. The topological polar surface area (TPSA) is 41.1 Å². The number of hydrogen-bond acceptors (Lipinski definition) is 4. The molecular formula is C12H20N4. The van der Waals surface area contributed by atoms with Gasteiger partial charge in [0, 0.05) is 12.7 Å². The number of nitrogens with one attached hydrogen (secondary N) is 1. The van der Waals surface area contributed by atoms with Gasteiger partial charge in [0.25, 0.3) is 0 Å². The summed E-state index contributed by atoms with van der Waals surface area (Å²) >= 11 is 0. The van der Waals surface area contributed by atoms with Crippen molar-refractivity contribution in [3.63, 3.8) is 0 Å². The Labute approximate surface area is 97.1 Å². The Hall–Kier alpha value is -1.00. The molecular weight excluding hydrogens is 200 g/mol. The van der Waals surface area contributed by atoms with E-state index in [4.69, 9.17) is 0 Å². The summed E-state index contributed by atoms with van der Waals surface area (Å²) < 4.78 is 0. The van der Waals surface area contributed by atoms with Crippen LogP contribution in [0.3, 0.4) is 0 Å². The average Bonchev–Trinajstić information content (AvgIpc) is 2.22. The van der Waals surface area contributed by atoms with Crippen molar-refractivity contribution in [3.8, 4) is 0 Å². The van der Waals surface area contributed by atoms with E-state index in [1.807, 2.05) is 19.2 Å². The maximum absolute atomic E-state index is 4.45. The van der Waals surface area contributed by atoms with Crippen molar-refractivity contribution in [1.82, 2.24) is 20.2 Å². The molecule has 1 aromatic rings. The van der Waals surface area contributed by atoms with Crippen LogP contribution in [0.25, 0.3) is 0 Å². The minimum Gasteiger partial charge on any atom is -0.317 e. The van der Waals surface area contributed by atoms with Crippen molar-refractivity contribution in [3.05, 3.63) is 23.8 Å². The van der Waals surface area contributed by atoms with Crippen LogP contribution in [-0.2, 0) is 6.54 Å². The van der Waals surface area contributed by atoms with Gasteiger partial charge in [0.05, 0.1) is 5.69 Å². The summed E-state index contributed by atoms with van der Waals surface area (Å²) in [7, 11) is 0. The summed E-state index contributed by atoms with van der Waals surface area (Å²) in [5, 5.41) is 3.43. The predicted octanol–water partition coefficient (Wildman–Crippen LogP) is 0.970. The third-order valence-electron chi connectivity index (χ3n) is 2.88. The molecule has 2 heterocycles. The largest absolute Gasteiger partial charge is 0.317 e. The first kappa shape index (κ1) is 11.5. The first-order valence-electron chi connectivity index (χ1n) is 6.06. The van der Waals surface area contributed by atoms with Crippen LogP contribution in [0, 0.1) is 6.92 Å². The van der Waals surface area contributed by atoms with Gasteiger partial charge < -0.3 is 5.32 Å². The normalized spacial score (nSPS) is 19.1. The molecule has 0 spiro atoms. The molecule has 0 amide bonds. The van der Waals surface area contributed by atoms with E-state index in [0.717, 1.165) is 44.2 Å². The van der Waals surface area contributed by atoms with E-state index in [1.165, 1.54) is 12.8 Å². The second-order valence-electron chi connectivity index (χ2n) is 4.33. The molecule has 1 N–H and O–H groups in total. The lowest BCUT2D eigenvalue weighted by Crippen LogP contribution is -2.33. The highest BCUT2D eigenvalue weighted by molar-refractivity contribution is 5.01. The van der Waals surface area contributed by atoms with Gasteiger partial charge in [0.1, 0.15) is 5.82 Å². The van der Waals surface area contributed by atoms with Crippen LogP contribution in [0.15, 0.2) is 12.3 Å². The van der Waals surface area contributed by atoms with E-state index in [9.17, 15) is 0 Å². The van der Waals surface area contributed by atoms with Gasteiger partial charge in [-0.3, -0.25) is 4.90 Å². The van der Waals surface area contributed by atoms with Crippen LogP contribution < -0.4 is 5.32 Å². The average molecular weight is 220 g/mol. The highest BCUT2D eigenvalue weighted by Crippen LogP contribution is 2.04. The molecule has 0 saturated carbocycles. The molecule has 0 aromatic carbocycles. The first-order chi connectivity index (χ1) is 7.84. The third-order valence-corrected chi connectivity index (χ3v) is 2.88. The fraction of sp³-hybridized carbons (Fsp3) is 0.667. The lowest BCUT2D eigenvalue weighted by Gasteiger charge is -2.24. The van der Waals surface area contributed by atoms with Crippen molar-refractivity contribution >= 4 is 0 Å². The molecule has 16 heavy (non-hydrogen) atoms. The van der Waals surface area contributed by atoms with E-state index in [1.54, 1.807) is 0 Å². The van der Waals surface area contributed by atoms with Crippen molar-refractivity contribution in [2.24, 2.45) is 0 Å². The Morgan fingerprint density at radius 1 is 1.31 bits per heavy atom. The molecule has 0 atom stereocenters. The van der Waals surface area contributed by atoms with Gasteiger partial charge in [-0.25, -0.2) is 9.97 Å². The van der Waals surface area contributed by atoms with Crippen LogP contribution in [0.1, 0.15) is 24.4 Å². The molecule has 4 heteroatoms. The molecule has 88 valence electrons. The molecule has 2 rings (SSSR count). The van der Waals surface area contributed by atoms with Gasteiger partial charge in [-0.05, 0) is 52.0 Å². The maximum Gasteiger partial charge on any atom is 0.125 e. The number of aryl methyl sites for hydroxylation is 1. The van der Waals surface area contributed by atoms with E-state index < -0.39 is 0 Å². The second-order valence-corrected chi connectivity index (χ2v) is 4.33.